The molecule has 4 rings (SSSR count). The van der Waals surface area contributed by atoms with Crippen LogP contribution in [0.2, 0.25) is 0 Å². The molecule has 0 radical (unpaired) electrons. The zero-order valence-electron chi connectivity index (χ0n) is 18.3. The molecule has 0 fully saturated rings. The Morgan fingerprint density at radius 1 is 1.23 bits per heavy atom. The van der Waals surface area contributed by atoms with Crippen molar-refractivity contribution in [2.45, 2.75) is 64.3 Å². The number of phenolic OH excluding ortho intramolecular Hbond substituents is 1. The van der Waals surface area contributed by atoms with E-state index in [1.54, 1.807) is 6.07 Å². The Bertz CT molecular complexity index is 1060. The van der Waals surface area contributed by atoms with Gasteiger partial charge >= 0.3 is 4.87 Å². The molecule has 1 heterocycles. The zero-order valence-corrected chi connectivity index (χ0v) is 19.1. The lowest BCUT2D eigenvalue weighted by atomic mass is 9.87. The number of H-pyrrole nitrogens is 1. The van der Waals surface area contributed by atoms with Crippen LogP contribution in [0, 0.1) is 0 Å². The minimum Gasteiger partial charge on any atom is -0.508 e. The molecule has 0 bridgehead atoms. The monoisotopic (exact) mass is 439 g/mol. The van der Waals surface area contributed by atoms with E-state index < -0.39 is 0 Å². The second-order valence-corrected chi connectivity index (χ2v) is 9.58. The molecule has 3 aromatic rings. The number of nitrogens with one attached hydrogen (secondary N) is 2. The van der Waals surface area contributed by atoms with Gasteiger partial charge in [0.2, 0.25) is 0 Å². The van der Waals surface area contributed by atoms with Crippen molar-refractivity contribution in [3.05, 3.63) is 62.8 Å². The maximum absolute atomic E-state index is 11.6. The average molecular weight is 440 g/mol. The quantitative estimate of drug-likeness (QED) is 0.314. The number of hydrogen-bond donors (Lipinski definition) is 3. The molecule has 3 N–H and O–H groups in total. The van der Waals surface area contributed by atoms with Crippen molar-refractivity contribution in [2.24, 2.45) is 0 Å². The molecule has 0 aliphatic heterocycles. The number of benzene rings is 2. The molecule has 0 saturated heterocycles. The van der Waals surface area contributed by atoms with Gasteiger partial charge in [-0.2, -0.15) is 0 Å². The van der Waals surface area contributed by atoms with Gasteiger partial charge in [0.05, 0.1) is 10.2 Å². The Morgan fingerprint density at radius 3 is 3.00 bits per heavy atom. The van der Waals surface area contributed by atoms with E-state index in [4.69, 9.17) is 0 Å². The Labute approximate surface area is 188 Å². The van der Waals surface area contributed by atoms with Gasteiger partial charge in [-0.05, 0) is 67.0 Å². The fourth-order valence-corrected chi connectivity index (χ4v) is 5.42. The number of hydrazine groups is 1. The Balaban J connectivity index is 1.38. The number of phenols is 1. The summed E-state index contributed by atoms with van der Waals surface area (Å²) in [5.41, 5.74) is 8.30. The van der Waals surface area contributed by atoms with Crippen LogP contribution in [0.3, 0.4) is 0 Å². The van der Waals surface area contributed by atoms with Crippen molar-refractivity contribution in [3.63, 3.8) is 0 Å². The molecule has 5 nitrogen and oxygen atoms in total. The molecule has 2 aromatic carbocycles. The molecule has 1 aromatic heterocycles. The van der Waals surface area contributed by atoms with Gasteiger partial charge in [0.1, 0.15) is 5.75 Å². The normalized spacial score (nSPS) is 16.1. The summed E-state index contributed by atoms with van der Waals surface area (Å²) in [6, 6.07) is 12.6. The average Bonchev–Trinajstić information content (AvgIpc) is 3.14. The van der Waals surface area contributed by atoms with Gasteiger partial charge in [-0.3, -0.25) is 10.2 Å². The molecule has 1 atom stereocenters. The van der Waals surface area contributed by atoms with E-state index in [0.717, 1.165) is 54.6 Å². The van der Waals surface area contributed by atoms with Crippen LogP contribution < -0.4 is 10.3 Å². The molecule has 0 spiro atoms. The second-order valence-electron chi connectivity index (χ2n) is 8.57. The van der Waals surface area contributed by atoms with Crippen LogP contribution in [0.15, 0.2) is 41.2 Å². The van der Waals surface area contributed by atoms with Gasteiger partial charge in [-0.25, -0.2) is 5.01 Å². The highest BCUT2D eigenvalue weighted by molar-refractivity contribution is 7.16. The van der Waals surface area contributed by atoms with E-state index in [0.29, 0.717) is 11.8 Å². The summed E-state index contributed by atoms with van der Waals surface area (Å²) in [6.45, 7) is 4.18. The Morgan fingerprint density at radius 2 is 2.13 bits per heavy atom. The number of unbranched alkanes of at least 4 members (excludes halogenated alkanes) is 3. The molecule has 1 aliphatic rings. The van der Waals surface area contributed by atoms with E-state index in [1.807, 2.05) is 12.1 Å². The van der Waals surface area contributed by atoms with E-state index in [1.165, 1.54) is 48.1 Å². The highest BCUT2D eigenvalue weighted by Gasteiger charge is 2.25. The molecule has 0 saturated carbocycles. The molecule has 1 unspecified atom stereocenters. The fraction of sp³-hybridized carbons (Fsp3) is 0.480. The third kappa shape index (κ3) is 5.56. The number of fused-ring (bicyclic) bond motifs is 2. The van der Waals surface area contributed by atoms with Crippen molar-refractivity contribution in [3.8, 4) is 5.75 Å². The standard InChI is InChI=1S/C25H33N3O2S/c1-2-3-4-5-15-28(20-10-11-21-19(17-20)7-6-8-23(21)29)26-14-13-18-9-12-22-24(16-18)31-25(30)27-22/h6-9,12,16,20,26,29H,2-5,10-11,13-15,17H2,1H3,(H,27,30). The van der Waals surface area contributed by atoms with Crippen LogP contribution in [0.25, 0.3) is 10.2 Å². The third-order valence-electron chi connectivity index (χ3n) is 6.34. The van der Waals surface area contributed by atoms with Crippen LogP contribution in [0.5, 0.6) is 5.75 Å². The van der Waals surface area contributed by atoms with Crippen molar-refractivity contribution < 1.29 is 5.11 Å². The minimum absolute atomic E-state index is 0.00662. The first-order chi connectivity index (χ1) is 15.1. The summed E-state index contributed by atoms with van der Waals surface area (Å²) in [5, 5.41) is 12.6. The molecule has 6 heteroatoms. The molecule has 31 heavy (non-hydrogen) atoms. The van der Waals surface area contributed by atoms with Gasteiger partial charge in [-0.1, -0.05) is 55.7 Å². The lowest BCUT2D eigenvalue weighted by molar-refractivity contribution is 0.109. The summed E-state index contributed by atoms with van der Waals surface area (Å²) < 4.78 is 1.03. The van der Waals surface area contributed by atoms with Crippen LogP contribution >= 0.6 is 11.3 Å². The first-order valence-corrected chi connectivity index (χ1v) is 12.4. The number of hydrogen-bond acceptors (Lipinski definition) is 5. The number of aromatic amines is 1. The van der Waals surface area contributed by atoms with Crippen molar-refractivity contribution >= 4 is 21.6 Å². The van der Waals surface area contributed by atoms with Crippen molar-refractivity contribution in [1.29, 1.82) is 0 Å². The van der Waals surface area contributed by atoms with Crippen LogP contribution in [-0.4, -0.2) is 34.2 Å². The largest absolute Gasteiger partial charge is 0.508 e. The van der Waals surface area contributed by atoms with Crippen molar-refractivity contribution in [2.75, 3.05) is 13.1 Å². The van der Waals surface area contributed by atoms with Gasteiger partial charge in [0.25, 0.3) is 0 Å². The highest BCUT2D eigenvalue weighted by Crippen LogP contribution is 2.30. The lowest BCUT2D eigenvalue weighted by Gasteiger charge is -2.36. The first-order valence-electron chi connectivity index (χ1n) is 11.6. The molecular formula is C25H33N3O2S. The van der Waals surface area contributed by atoms with Gasteiger partial charge in [0.15, 0.2) is 0 Å². The van der Waals surface area contributed by atoms with E-state index in [9.17, 15) is 9.90 Å². The highest BCUT2D eigenvalue weighted by atomic mass is 32.1. The summed E-state index contributed by atoms with van der Waals surface area (Å²) >= 11 is 1.28. The zero-order chi connectivity index (χ0) is 21.6. The molecular weight excluding hydrogens is 406 g/mol. The fourth-order valence-electron chi connectivity index (χ4n) is 4.62. The van der Waals surface area contributed by atoms with Gasteiger partial charge < -0.3 is 10.1 Å². The van der Waals surface area contributed by atoms with Gasteiger partial charge in [0, 0.05) is 19.1 Å². The molecule has 166 valence electrons. The van der Waals surface area contributed by atoms with Crippen LogP contribution in [0.1, 0.15) is 55.7 Å². The number of thiazole rings is 1. The second kappa shape index (κ2) is 10.4. The first kappa shape index (κ1) is 22.1. The predicted molar refractivity (Wildman–Crippen MR) is 129 cm³/mol. The number of aromatic hydroxyl groups is 1. The third-order valence-corrected chi connectivity index (χ3v) is 7.18. The number of nitrogens with zero attached hydrogens (tertiary/aromatic N) is 1. The summed E-state index contributed by atoms with van der Waals surface area (Å²) in [6.07, 6.45) is 8.91. The van der Waals surface area contributed by atoms with E-state index in [-0.39, 0.29) is 4.87 Å². The summed E-state index contributed by atoms with van der Waals surface area (Å²) in [4.78, 5) is 14.4. The topological polar surface area (TPSA) is 68.4 Å². The summed E-state index contributed by atoms with van der Waals surface area (Å²) in [5.74, 6) is 0.445. The Hall–Kier alpha value is -2.15. The lowest BCUT2D eigenvalue weighted by Crippen LogP contribution is -2.49. The number of aromatic nitrogens is 1. The van der Waals surface area contributed by atoms with E-state index >= 15 is 0 Å². The van der Waals surface area contributed by atoms with Crippen molar-refractivity contribution in [1.82, 2.24) is 15.4 Å². The van der Waals surface area contributed by atoms with Crippen LogP contribution in [0.4, 0.5) is 0 Å². The molecule has 1 aliphatic carbocycles. The van der Waals surface area contributed by atoms with Gasteiger partial charge in [-0.15, -0.1) is 0 Å². The minimum atomic E-state index is 0.00662. The van der Waals surface area contributed by atoms with E-state index in [2.05, 4.69) is 40.5 Å². The Kier molecular flexibility index (Phi) is 7.43. The maximum atomic E-state index is 11.6. The predicted octanol–water partition coefficient (Wildman–Crippen LogP) is 4.78. The smallest absolute Gasteiger partial charge is 0.305 e. The maximum Gasteiger partial charge on any atom is 0.305 e. The van der Waals surface area contributed by atoms with Crippen LogP contribution in [-0.2, 0) is 19.3 Å². The molecule has 0 amide bonds. The SMILES string of the molecule is CCCCCCN(NCCc1ccc2[nH]c(=O)sc2c1)C1CCc2c(O)cccc2C1. The number of rotatable bonds is 10. The summed E-state index contributed by atoms with van der Waals surface area (Å²) in [7, 11) is 0.